The Morgan fingerprint density at radius 2 is 1.90 bits per heavy atom. The molecule has 0 spiro atoms. The lowest BCUT2D eigenvalue weighted by molar-refractivity contribution is -0.0578. The predicted molar refractivity (Wildman–Crippen MR) is 117 cm³/mol. The van der Waals surface area contributed by atoms with Crippen molar-refractivity contribution in [3.8, 4) is 0 Å². The van der Waals surface area contributed by atoms with E-state index in [1.807, 2.05) is 18.2 Å². The number of hydrogen-bond acceptors (Lipinski definition) is 3. The van der Waals surface area contributed by atoms with Crippen molar-refractivity contribution in [1.82, 2.24) is 14.9 Å². The maximum Gasteiger partial charge on any atom is 0.121 e. The van der Waals surface area contributed by atoms with Crippen molar-refractivity contribution >= 4 is 16.6 Å². The van der Waals surface area contributed by atoms with Gasteiger partial charge < -0.3 is 10.1 Å². The molecule has 0 saturated heterocycles. The molecule has 0 aliphatic heterocycles. The van der Waals surface area contributed by atoms with Crippen molar-refractivity contribution in [2.45, 2.75) is 37.8 Å². The van der Waals surface area contributed by atoms with E-state index in [9.17, 15) is 5.11 Å². The zero-order valence-corrected chi connectivity index (χ0v) is 17.0. The predicted octanol–water partition coefficient (Wildman–Crippen LogP) is 4.63. The van der Waals surface area contributed by atoms with Crippen LogP contribution in [-0.4, -0.2) is 39.2 Å². The second kappa shape index (κ2) is 7.43. The number of para-hydroxylation sites is 2. The highest BCUT2D eigenvalue weighted by Gasteiger charge is 2.46. The van der Waals surface area contributed by atoms with Gasteiger partial charge in [0.15, 0.2) is 0 Å². The van der Waals surface area contributed by atoms with E-state index >= 15 is 0 Å². The highest BCUT2D eigenvalue weighted by atomic mass is 16.3. The topological polar surface area (TPSA) is 52.1 Å². The SMILES string of the molecule is CN(CCC1(O)CC2CCC1C=C2c1ccccc1)Cc1nc2ccccc2[nH]1. The van der Waals surface area contributed by atoms with Crippen LogP contribution in [0.3, 0.4) is 0 Å². The average molecular weight is 388 g/mol. The monoisotopic (exact) mass is 387 g/mol. The summed E-state index contributed by atoms with van der Waals surface area (Å²) in [4.78, 5) is 10.3. The number of nitrogens with zero attached hydrogens (tertiary/aromatic N) is 2. The van der Waals surface area contributed by atoms with Crippen molar-refractivity contribution < 1.29 is 5.11 Å². The Morgan fingerprint density at radius 3 is 2.66 bits per heavy atom. The van der Waals surface area contributed by atoms with Crippen LogP contribution < -0.4 is 0 Å². The van der Waals surface area contributed by atoms with Gasteiger partial charge in [0.25, 0.3) is 0 Å². The van der Waals surface area contributed by atoms with E-state index in [0.717, 1.165) is 49.2 Å². The van der Waals surface area contributed by atoms with Crippen molar-refractivity contribution in [1.29, 1.82) is 0 Å². The molecular weight excluding hydrogens is 358 g/mol. The molecule has 0 radical (unpaired) electrons. The van der Waals surface area contributed by atoms with E-state index in [2.05, 4.69) is 64.4 Å². The summed E-state index contributed by atoms with van der Waals surface area (Å²) < 4.78 is 0. The van der Waals surface area contributed by atoms with Gasteiger partial charge in [0.05, 0.1) is 23.2 Å². The molecule has 2 bridgehead atoms. The number of nitrogens with one attached hydrogen (secondary N) is 1. The van der Waals surface area contributed by atoms with Crippen LogP contribution in [0.4, 0.5) is 0 Å². The molecule has 1 fully saturated rings. The third kappa shape index (κ3) is 3.63. The lowest BCUT2D eigenvalue weighted by Crippen LogP contribution is -2.47. The normalized spacial score (nSPS) is 26.2. The molecule has 2 N–H and O–H groups in total. The molecule has 3 aliphatic rings. The number of imidazole rings is 1. The van der Waals surface area contributed by atoms with Crippen LogP contribution in [0.25, 0.3) is 16.6 Å². The number of aromatic amines is 1. The van der Waals surface area contributed by atoms with Gasteiger partial charge in [-0.1, -0.05) is 48.5 Å². The first-order chi connectivity index (χ1) is 14.1. The van der Waals surface area contributed by atoms with Crippen LogP contribution in [0.5, 0.6) is 0 Å². The highest BCUT2D eigenvalue weighted by molar-refractivity contribution is 5.74. The second-order valence-corrected chi connectivity index (χ2v) is 8.86. The Labute approximate surface area is 172 Å². The average Bonchev–Trinajstić information content (AvgIpc) is 3.15. The lowest BCUT2D eigenvalue weighted by atomic mass is 9.61. The fraction of sp³-hybridized carbons (Fsp3) is 0.400. The second-order valence-electron chi connectivity index (χ2n) is 8.86. The van der Waals surface area contributed by atoms with Crippen LogP contribution >= 0.6 is 0 Å². The Kier molecular flexibility index (Phi) is 4.76. The number of benzene rings is 2. The minimum atomic E-state index is -0.580. The largest absolute Gasteiger partial charge is 0.389 e. The van der Waals surface area contributed by atoms with Crippen molar-refractivity contribution in [2.24, 2.45) is 11.8 Å². The van der Waals surface area contributed by atoms with Crippen LogP contribution in [0.15, 0.2) is 60.7 Å². The summed E-state index contributed by atoms with van der Waals surface area (Å²) in [6.45, 7) is 1.63. The van der Waals surface area contributed by atoms with Gasteiger partial charge in [0.2, 0.25) is 0 Å². The first-order valence-corrected chi connectivity index (χ1v) is 10.7. The number of rotatable bonds is 6. The number of H-pyrrole nitrogens is 1. The molecule has 3 unspecified atom stereocenters. The van der Waals surface area contributed by atoms with Crippen LogP contribution in [0.2, 0.25) is 0 Å². The van der Waals surface area contributed by atoms with E-state index in [0.29, 0.717) is 5.92 Å². The maximum absolute atomic E-state index is 11.5. The van der Waals surface area contributed by atoms with Crippen molar-refractivity contribution in [3.05, 3.63) is 72.1 Å². The number of fused-ring (bicyclic) bond motifs is 3. The van der Waals surface area contributed by atoms with Gasteiger partial charge in [-0.15, -0.1) is 0 Å². The van der Waals surface area contributed by atoms with Gasteiger partial charge in [-0.2, -0.15) is 0 Å². The molecular formula is C25H29N3O. The van der Waals surface area contributed by atoms with Crippen molar-refractivity contribution in [2.75, 3.05) is 13.6 Å². The minimum absolute atomic E-state index is 0.266. The van der Waals surface area contributed by atoms with Crippen LogP contribution in [0.1, 0.15) is 37.1 Å². The van der Waals surface area contributed by atoms with Crippen LogP contribution in [0, 0.1) is 11.8 Å². The third-order valence-corrected chi connectivity index (χ3v) is 6.83. The molecule has 150 valence electrons. The molecule has 3 aromatic rings. The Bertz CT molecular complexity index is 992. The quantitative estimate of drug-likeness (QED) is 0.648. The molecule has 3 atom stereocenters. The third-order valence-electron chi connectivity index (χ3n) is 6.83. The Balaban J connectivity index is 1.24. The summed E-state index contributed by atoms with van der Waals surface area (Å²) >= 11 is 0. The van der Waals surface area contributed by atoms with E-state index < -0.39 is 5.60 Å². The first kappa shape index (κ1) is 18.6. The first-order valence-electron chi connectivity index (χ1n) is 10.7. The summed E-state index contributed by atoms with van der Waals surface area (Å²) in [6.07, 6.45) is 6.36. The standard InChI is InChI=1S/C25H29N3O/c1-28(17-24-26-22-9-5-6-10-23(22)27-24)14-13-25(29)16-19-11-12-20(25)15-21(19)18-7-3-2-4-8-18/h2-10,15,19-20,29H,11-14,16-17H2,1H3,(H,26,27). The molecule has 0 amide bonds. The van der Waals surface area contributed by atoms with Gasteiger partial charge in [-0.05, 0) is 61.9 Å². The van der Waals surface area contributed by atoms with Crippen LogP contribution in [-0.2, 0) is 6.54 Å². The fourth-order valence-electron chi connectivity index (χ4n) is 5.24. The van der Waals surface area contributed by atoms with Gasteiger partial charge in [0.1, 0.15) is 5.82 Å². The summed E-state index contributed by atoms with van der Waals surface area (Å²) in [7, 11) is 2.11. The maximum atomic E-state index is 11.5. The van der Waals surface area contributed by atoms with Gasteiger partial charge >= 0.3 is 0 Å². The molecule has 2 aromatic carbocycles. The minimum Gasteiger partial charge on any atom is -0.389 e. The fourth-order valence-corrected chi connectivity index (χ4v) is 5.24. The summed E-state index contributed by atoms with van der Waals surface area (Å²) in [6, 6.07) is 18.8. The van der Waals surface area contributed by atoms with Gasteiger partial charge in [-0.25, -0.2) is 4.98 Å². The molecule has 3 aliphatic carbocycles. The van der Waals surface area contributed by atoms with Gasteiger partial charge in [-0.3, -0.25) is 4.90 Å². The van der Waals surface area contributed by atoms with E-state index in [-0.39, 0.29) is 5.92 Å². The molecule has 1 heterocycles. The van der Waals surface area contributed by atoms with Gasteiger partial charge in [0, 0.05) is 12.5 Å². The van der Waals surface area contributed by atoms with E-state index in [4.69, 9.17) is 0 Å². The molecule has 1 aromatic heterocycles. The number of aliphatic hydroxyl groups is 1. The summed E-state index contributed by atoms with van der Waals surface area (Å²) in [5.74, 6) is 1.73. The Morgan fingerprint density at radius 1 is 1.10 bits per heavy atom. The number of aromatic nitrogens is 2. The zero-order valence-electron chi connectivity index (χ0n) is 17.0. The summed E-state index contributed by atoms with van der Waals surface area (Å²) in [5.41, 5.74) is 4.28. The molecule has 6 rings (SSSR count). The molecule has 1 saturated carbocycles. The highest BCUT2D eigenvalue weighted by Crippen LogP contribution is 2.51. The van der Waals surface area contributed by atoms with E-state index in [1.165, 1.54) is 17.6 Å². The molecule has 4 heteroatoms. The zero-order chi connectivity index (χ0) is 19.8. The van der Waals surface area contributed by atoms with Crippen molar-refractivity contribution in [3.63, 3.8) is 0 Å². The lowest BCUT2D eigenvalue weighted by Gasteiger charge is -2.48. The molecule has 4 nitrogen and oxygen atoms in total. The smallest absolute Gasteiger partial charge is 0.121 e. The molecule has 29 heavy (non-hydrogen) atoms. The summed E-state index contributed by atoms with van der Waals surface area (Å²) in [5, 5.41) is 11.5. The number of allylic oxidation sites excluding steroid dienone is 1. The number of hydrogen-bond donors (Lipinski definition) is 2. The van der Waals surface area contributed by atoms with E-state index in [1.54, 1.807) is 0 Å². The Hall–Kier alpha value is -2.43.